The van der Waals surface area contributed by atoms with E-state index in [1.807, 2.05) is 25.4 Å². The molecule has 4 aromatic rings. The van der Waals surface area contributed by atoms with Crippen molar-refractivity contribution >= 4 is 28.4 Å². The Balaban J connectivity index is 1.42. The lowest BCUT2D eigenvalue weighted by Gasteiger charge is -2.27. The lowest BCUT2D eigenvalue weighted by molar-refractivity contribution is 0.0706. The normalized spacial score (nSPS) is 21.2. The van der Waals surface area contributed by atoms with Gasteiger partial charge in [0.25, 0.3) is 5.91 Å². The molecule has 9 heteroatoms. The number of pyridine rings is 1. The van der Waals surface area contributed by atoms with Crippen molar-refractivity contribution in [2.75, 3.05) is 25.6 Å². The highest BCUT2D eigenvalue weighted by Gasteiger charge is 2.25. The van der Waals surface area contributed by atoms with Crippen molar-refractivity contribution in [3.63, 3.8) is 0 Å². The van der Waals surface area contributed by atoms with E-state index in [9.17, 15) is 4.79 Å². The van der Waals surface area contributed by atoms with Gasteiger partial charge in [0.1, 0.15) is 17.0 Å². The summed E-state index contributed by atoms with van der Waals surface area (Å²) >= 11 is 0. The smallest absolute Gasteiger partial charge is 0.256 e. The molecule has 1 aliphatic heterocycles. The average Bonchev–Trinajstić information content (AvgIpc) is 3.51. The van der Waals surface area contributed by atoms with E-state index in [1.165, 1.54) is 6.42 Å². The zero-order valence-corrected chi connectivity index (χ0v) is 20.9. The summed E-state index contributed by atoms with van der Waals surface area (Å²) in [5.74, 6) is 1.30. The third-order valence-corrected chi connectivity index (χ3v) is 7.69. The van der Waals surface area contributed by atoms with E-state index in [0.717, 1.165) is 73.4 Å². The standard InChI is InChI=1S/C27H33N7O2/c1-17-5-3-6-18(13-17)31-27(35)21-15-30-34-24(28-2)14-23(32-26(21)34)22-16-33(19-8-11-36-12-9-19)25-20(22)7-4-10-29-25/h4,7,10,14-19,28H,3,5-6,8-9,11-13H2,1-2H3,(H,31,35)/t17-,18-/m0/s1. The highest BCUT2D eigenvalue weighted by atomic mass is 16.5. The van der Waals surface area contributed by atoms with Gasteiger partial charge in [-0.05, 0) is 43.7 Å². The predicted octanol–water partition coefficient (Wildman–Crippen LogP) is 4.45. The second-order valence-corrected chi connectivity index (χ2v) is 10.2. The highest BCUT2D eigenvalue weighted by Crippen LogP contribution is 2.35. The predicted molar refractivity (Wildman–Crippen MR) is 139 cm³/mol. The first kappa shape index (κ1) is 23.0. The Morgan fingerprint density at radius 1 is 1.17 bits per heavy atom. The Morgan fingerprint density at radius 2 is 2.03 bits per heavy atom. The van der Waals surface area contributed by atoms with E-state index >= 15 is 0 Å². The van der Waals surface area contributed by atoms with Gasteiger partial charge in [0.2, 0.25) is 0 Å². The molecule has 5 heterocycles. The molecular weight excluding hydrogens is 454 g/mol. The van der Waals surface area contributed by atoms with Crippen LogP contribution in [0.4, 0.5) is 5.82 Å². The van der Waals surface area contributed by atoms with Crippen LogP contribution in [0.5, 0.6) is 0 Å². The number of ether oxygens (including phenoxy) is 1. The third kappa shape index (κ3) is 4.11. The zero-order valence-electron chi connectivity index (χ0n) is 20.9. The molecule has 2 aliphatic rings. The number of aromatic nitrogens is 5. The number of nitrogens with zero attached hydrogens (tertiary/aromatic N) is 5. The second-order valence-electron chi connectivity index (χ2n) is 10.2. The number of amides is 1. The van der Waals surface area contributed by atoms with Gasteiger partial charge in [-0.1, -0.05) is 19.8 Å². The Hall–Kier alpha value is -3.46. The molecule has 1 saturated heterocycles. The molecule has 0 unspecified atom stereocenters. The number of carbonyl (C=O) groups is 1. The molecule has 1 saturated carbocycles. The van der Waals surface area contributed by atoms with Crippen LogP contribution >= 0.6 is 0 Å². The molecule has 4 aromatic heterocycles. The van der Waals surface area contributed by atoms with Crippen LogP contribution in [0.1, 0.15) is 61.8 Å². The maximum Gasteiger partial charge on any atom is 0.256 e. The second kappa shape index (κ2) is 9.54. The number of fused-ring (bicyclic) bond motifs is 2. The molecule has 188 valence electrons. The van der Waals surface area contributed by atoms with Gasteiger partial charge >= 0.3 is 0 Å². The maximum absolute atomic E-state index is 13.3. The summed E-state index contributed by atoms with van der Waals surface area (Å²) in [6.45, 7) is 3.77. The number of carbonyl (C=O) groups excluding carboxylic acids is 1. The van der Waals surface area contributed by atoms with Crippen LogP contribution in [-0.2, 0) is 4.74 Å². The maximum atomic E-state index is 13.3. The van der Waals surface area contributed by atoms with Crippen molar-refractivity contribution in [3.05, 3.63) is 42.4 Å². The van der Waals surface area contributed by atoms with Crippen LogP contribution in [0, 0.1) is 5.92 Å². The number of nitrogens with one attached hydrogen (secondary N) is 2. The molecule has 0 spiro atoms. The number of hydrogen-bond acceptors (Lipinski definition) is 6. The fourth-order valence-corrected chi connectivity index (χ4v) is 5.80. The van der Waals surface area contributed by atoms with Gasteiger partial charge in [0.05, 0.1) is 11.9 Å². The summed E-state index contributed by atoms with van der Waals surface area (Å²) in [6, 6.07) is 6.58. The quantitative estimate of drug-likeness (QED) is 0.432. The fourth-order valence-electron chi connectivity index (χ4n) is 5.80. The van der Waals surface area contributed by atoms with Gasteiger partial charge in [0, 0.05) is 61.8 Å². The van der Waals surface area contributed by atoms with E-state index in [2.05, 4.69) is 39.5 Å². The van der Waals surface area contributed by atoms with E-state index in [4.69, 9.17) is 14.7 Å². The van der Waals surface area contributed by atoms with Crippen LogP contribution in [-0.4, -0.2) is 56.4 Å². The van der Waals surface area contributed by atoms with Gasteiger partial charge in [-0.3, -0.25) is 4.79 Å². The highest BCUT2D eigenvalue weighted by molar-refractivity contribution is 6.01. The molecular formula is C27H33N7O2. The third-order valence-electron chi connectivity index (χ3n) is 7.69. The molecule has 1 aliphatic carbocycles. The summed E-state index contributed by atoms with van der Waals surface area (Å²) in [5.41, 5.74) is 3.78. The minimum absolute atomic E-state index is 0.109. The summed E-state index contributed by atoms with van der Waals surface area (Å²) in [7, 11) is 1.86. The molecule has 36 heavy (non-hydrogen) atoms. The fraction of sp³-hybridized carbons (Fsp3) is 0.481. The first-order valence-electron chi connectivity index (χ1n) is 13.0. The minimum Gasteiger partial charge on any atom is -0.381 e. The van der Waals surface area contributed by atoms with E-state index < -0.39 is 0 Å². The van der Waals surface area contributed by atoms with E-state index in [1.54, 1.807) is 10.7 Å². The Labute approximate surface area is 210 Å². The molecule has 0 bridgehead atoms. The van der Waals surface area contributed by atoms with Crippen molar-refractivity contribution in [2.24, 2.45) is 5.92 Å². The Bertz CT molecular complexity index is 1400. The summed E-state index contributed by atoms with van der Waals surface area (Å²) < 4.78 is 9.56. The average molecular weight is 488 g/mol. The van der Waals surface area contributed by atoms with Gasteiger partial charge in [-0.15, -0.1) is 0 Å². The van der Waals surface area contributed by atoms with Crippen LogP contribution in [0.3, 0.4) is 0 Å². The van der Waals surface area contributed by atoms with Crippen LogP contribution in [0.25, 0.3) is 27.9 Å². The van der Waals surface area contributed by atoms with Crippen molar-refractivity contribution in [1.29, 1.82) is 0 Å². The molecule has 2 N–H and O–H groups in total. The van der Waals surface area contributed by atoms with Crippen LogP contribution < -0.4 is 10.6 Å². The van der Waals surface area contributed by atoms with E-state index in [0.29, 0.717) is 23.2 Å². The first-order valence-corrected chi connectivity index (χ1v) is 13.0. The van der Waals surface area contributed by atoms with Crippen molar-refractivity contribution in [2.45, 2.75) is 57.5 Å². The van der Waals surface area contributed by atoms with Crippen molar-refractivity contribution in [1.82, 2.24) is 29.5 Å². The summed E-state index contributed by atoms with van der Waals surface area (Å²) in [4.78, 5) is 23.0. The van der Waals surface area contributed by atoms with Gasteiger partial charge in [-0.2, -0.15) is 9.61 Å². The number of hydrogen-bond donors (Lipinski definition) is 2. The van der Waals surface area contributed by atoms with Crippen LogP contribution in [0.15, 0.2) is 36.8 Å². The Kier molecular flexibility index (Phi) is 6.08. The van der Waals surface area contributed by atoms with Gasteiger partial charge in [0.15, 0.2) is 5.65 Å². The summed E-state index contributed by atoms with van der Waals surface area (Å²) in [5, 5.41) is 12.0. The van der Waals surface area contributed by atoms with Gasteiger partial charge in [-0.25, -0.2) is 9.97 Å². The first-order chi connectivity index (χ1) is 17.6. The lowest BCUT2D eigenvalue weighted by atomic mass is 9.87. The van der Waals surface area contributed by atoms with Crippen molar-refractivity contribution < 1.29 is 9.53 Å². The molecule has 1 amide bonds. The monoisotopic (exact) mass is 487 g/mol. The lowest BCUT2D eigenvalue weighted by Crippen LogP contribution is -2.38. The molecule has 0 aromatic carbocycles. The molecule has 0 radical (unpaired) electrons. The SMILES string of the molecule is CNc1cc(-c2cn(C3CCOCC3)c3ncccc23)nc2c(C(=O)N[C@H]3CCC[C@H](C)C3)cnn12. The topological polar surface area (TPSA) is 98.4 Å². The largest absolute Gasteiger partial charge is 0.381 e. The molecule has 2 fully saturated rings. The number of anilines is 1. The molecule has 9 nitrogen and oxygen atoms in total. The van der Waals surface area contributed by atoms with Crippen LogP contribution in [0.2, 0.25) is 0 Å². The zero-order chi connectivity index (χ0) is 24.6. The van der Waals surface area contributed by atoms with Crippen molar-refractivity contribution in [3.8, 4) is 11.3 Å². The molecule has 2 atom stereocenters. The Morgan fingerprint density at radius 3 is 2.83 bits per heavy atom. The number of rotatable bonds is 5. The van der Waals surface area contributed by atoms with Gasteiger partial charge < -0.3 is 19.9 Å². The minimum atomic E-state index is -0.109. The summed E-state index contributed by atoms with van der Waals surface area (Å²) in [6.07, 6.45) is 12.0. The van der Waals surface area contributed by atoms with E-state index in [-0.39, 0.29) is 11.9 Å². The molecule has 6 rings (SSSR count).